The molecular weight excluding hydrogens is 270 g/mol. The Balaban J connectivity index is 2.39. The van der Waals surface area contributed by atoms with Gasteiger partial charge in [0.15, 0.2) is 9.84 Å². The van der Waals surface area contributed by atoms with E-state index in [1.807, 2.05) is 0 Å². The van der Waals surface area contributed by atoms with Crippen molar-refractivity contribution in [3.63, 3.8) is 0 Å². The van der Waals surface area contributed by atoms with Crippen LogP contribution in [0.5, 0.6) is 0 Å². The molecule has 0 radical (unpaired) electrons. The van der Waals surface area contributed by atoms with Crippen molar-refractivity contribution in [2.24, 2.45) is 0 Å². The molecule has 0 bridgehead atoms. The highest BCUT2D eigenvalue weighted by Crippen LogP contribution is 2.28. The molecular formula is C14H12F2O2S. The lowest BCUT2D eigenvalue weighted by Crippen LogP contribution is -2.10. The van der Waals surface area contributed by atoms with Gasteiger partial charge in [0.05, 0.1) is 10.1 Å². The third kappa shape index (κ3) is 2.81. The van der Waals surface area contributed by atoms with Gasteiger partial charge in [-0.3, -0.25) is 0 Å². The first-order chi connectivity index (χ1) is 8.91. The minimum Gasteiger partial charge on any atom is -0.223 e. The van der Waals surface area contributed by atoms with E-state index in [0.29, 0.717) is 5.56 Å². The topological polar surface area (TPSA) is 34.1 Å². The van der Waals surface area contributed by atoms with Crippen LogP contribution >= 0.6 is 0 Å². The van der Waals surface area contributed by atoms with E-state index in [4.69, 9.17) is 0 Å². The first kappa shape index (κ1) is 13.7. The highest BCUT2D eigenvalue weighted by molar-refractivity contribution is 7.91. The quantitative estimate of drug-likeness (QED) is 0.807. The molecule has 100 valence electrons. The van der Waals surface area contributed by atoms with Crippen LogP contribution < -0.4 is 0 Å². The third-order valence-electron chi connectivity index (χ3n) is 2.95. The molecule has 0 aliphatic heterocycles. The van der Waals surface area contributed by atoms with E-state index < -0.39 is 26.7 Å². The predicted molar refractivity (Wildman–Crippen MR) is 68.4 cm³/mol. The number of sulfone groups is 1. The number of halogens is 2. The summed E-state index contributed by atoms with van der Waals surface area (Å²) in [4.78, 5) is 0.0470. The average molecular weight is 282 g/mol. The second-order valence-electron chi connectivity index (χ2n) is 4.19. The van der Waals surface area contributed by atoms with Gasteiger partial charge in [-0.25, -0.2) is 17.2 Å². The van der Waals surface area contributed by atoms with Gasteiger partial charge in [-0.2, -0.15) is 0 Å². The lowest BCUT2D eigenvalue weighted by Gasteiger charge is -2.13. The molecule has 0 aromatic heterocycles. The van der Waals surface area contributed by atoms with E-state index in [1.54, 1.807) is 0 Å². The highest BCUT2D eigenvalue weighted by Gasteiger charge is 2.24. The Morgan fingerprint density at radius 2 is 1.26 bits per heavy atom. The van der Waals surface area contributed by atoms with E-state index in [1.165, 1.54) is 43.3 Å². The van der Waals surface area contributed by atoms with E-state index in [2.05, 4.69) is 0 Å². The Labute approximate surface area is 110 Å². The van der Waals surface area contributed by atoms with Gasteiger partial charge in [0.1, 0.15) is 11.6 Å². The summed E-state index contributed by atoms with van der Waals surface area (Å²) in [5.74, 6) is -0.913. The van der Waals surface area contributed by atoms with Gasteiger partial charge in [-0.05, 0) is 48.9 Å². The minimum atomic E-state index is -3.61. The fraction of sp³-hybridized carbons (Fsp3) is 0.143. The Bertz CT molecular complexity index is 662. The molecule has 0 saturated heterocycles. The first-order valence-electron chi connectivity index (χ1n) is 5.66. The van der Waals surface area contributed by atoms with Crippen molar-refractivity contribution in [1.29, 1.82) is 0 Å². The molecule has 0 saturated carbocycles. The summed E-state index contributed by atoms with van der Waals surface area (Å²) in [5.41, 5.74) is 0.491. The fourth-order valence-electron chi connectivity index (χ4n) is 1.74. The molecule has 0 N–H and O–H groups in total. The SMILES string of the molecule is C[C@H](c1ccc(F)cc1)S(=O)(=O)c1ccc(F)cc1. The van der Waals surface area contributed by atoms with Crippen LogP contribution in [-0.2, 0) is 9.84 Å². The van der Waals surface area contributed by atoms with Crippen LogP contribution in [0, 0.1) is 11.6 Å². The predicted octanol–water partition coefficient (Wildman–Crippen LogP) is 3.50. The Morgan fingerprint density at radius 1 is 0.842 bits per heavy atom. The molecule has 5 heteroatoms. The van der Waals surface area contributed by atoms with Crippen molar-refractivity contribution < 1.29 is 17.2 Å². The van der Waals surface area contributed by atoms with Gasteiger partial charge in [-0.15, -0.1) is 0 Å². The summed E-state index contributed by atoms with van der Waals surface area (Å²) in [6.45, 7) is 1.52. The molecule has 2 aromatic carbocycles. The summed E-state index contributed by atoms with van der Waals surface area (Å²) >= 11 is 0. The maximum atomic E-state index is 12.8. The molecule has 0 amide bonds. The van der Waals surface area contributed by atoms with E-state index in [9.17, 15) is 17.2 Å². The fourth-order valence-corrected chi connectivity index (χ4v) is 3.18. The van der Waals surface area contributed by atoms with Crippen LogP contribution in [0.1, 0.15) is 17.7 Å². The van der Waals surface area contributed by atoms with Gasteiger partial charge in [0, 0.05) is 0 Å². The Hall–Kier alpha value is -1.75. The lowest BCUT2D eigenvalue weighted by molar-refractivity contribution is 0.584. The molecule has 19 heavy (non-hydrogen) atoms. The summed E-state index contributed by atoms with van der Waals surface area (Å²) < 4.78 is 50.3. The van der Waals surface area contributed by atoms with Gasteiger partial charge in [0.2, 0.25) is 0 Å². The summed E-state index contributed by atoms with van der Waals surface area (Å²) in [6.07, 6.45) is 0. The van der Waals surface area contributed by atoms with Crippen LogP contribution in [0.2, 0.25) is 0 Å². The summed E-state index contributed by atoms with van der Waals surface area (Å²) in [5, 5.41) is -0.821. The number of hydrogen-bond acceptors (Lipinski definition) is 2. The Kier molecular flexibility index (Phi) is 3.66. The van der Waals surface area contributed by atoms with Crippen molar-refractivity contribution >= 4 is 9.84 Å². The van der Waals surface area contributed by atoms with Crippen LogP contribution in [0.25, 0.3) is 0 Å². The van der Waals surface area contributed by atoms with Gasteiger partial charge in [-0.1, -0.05) is 12.1 Å². The zero-order valence-corrected chi connectivity index (χ0v) is 11.0. The zero-order valence-electron chi connectivity index (χ0n) is 10.2. The zero-order chi connectivity index (χ0) is 14.0. The maximum Gasteiger partial charge on any atom is 0.185 e. The molecule has 0 fully saturated rings. The van der Waals surface area contributed by atoms with Gasteiger partial charge < -0.3 is 0 Å². The standard InChI is InChI=1S/C14H12F2O2S/c1-10(11-2-4-12(15)5-3-11)19(17,18)14-8-6-13(16)7-9-14/h2-10H,1H3/t10-/m1/s1. The summed E-state index contributed by atoms with van der Waals surface area (Å²) in [6, 6.07) is 9.95. The molecule has 1 atom stereocenters. The van der Waals surface area contributed by atoms with Crippen molar-refractivity contribution in [3.05, 3.63) is 65.7 Å². The van der Waals surface area contributed by atoms with Crippen molar-refractivity contribution in [2.75, 3.05) is 0 Å². The maximum absolute atomic E-state index is 12.8. The Morgan fingerprint density at radius 3 is 1.74 bits per heavy atom. The lowest BCUT2D eigenvalue weighted by atomic mass is 10.2. The molecule has 0 aliphatic carbocycles. The molecule has 0 spiro atoms. The van der Waals surface area contributed by atoms with Crippen LogP contribution in [0.15, 0.2) is 53.4 Å². The molecule has 2 rings (SSSR count). The van der Waals surface area contributed by atoms with Gasteiger partial charge >= 0.3 is 0 Å². The van der Waals surface area contributed by atoms with E-state index in [0.717, 1.165) is 12.1 Å². The van der Waals surface area contributed by atoms with Crippen molar-refractivity contribution in [3.8, 4) is 0 Å². The van der Waals surface area contributed by atoms with Crippen LogP contribution in [0.4, 0.5) is 8.78 Å². The second kappa shape index (κ2) is 5.09. The van der Waals surface area contributed by atoms with Crippen LogP contribution in [0.3, 0.4) is 0 Å². The molecule has 2 aromatic rings. The summed E-state index contributed by atoms with van der Waals surface area (Å²) in [7, 11) is -3.61. The normalized spacial score (nSPS) is 13.2. The third-order valence-corrected chi connectivity index (χ3v) is 5.08. The highest BCUT2D eigenvalue weighted by atomic mass is 32.2. The van der Waals surface area contributed by atoms with Crippen molar-refractivity contribution in [1.82, 2.24) is 0 Å². The average Bonchev–Trinajstić information content (AvgIpc) is 2.39. The largest absolute Gasteiger partial charge is 0.223 e. The monoisotopic (exact) mass is 282 g/mol. The molecule has 2 nitrogen and oxygen atoms in total. The smallest absolute Gasteiger partial charge is 0.185 e. The number of benzene rings is 2. The minimum absolute atomic E-state index is 0.0470. The van der Waals surface area contributed by atoms with E-state index in [-0.39, 0.29) is 4.90 Å². The second-order valence-corrected chi connectivity index (χ2v) is 6.46. The number of rotatable bonds is 3. The molecule has 0 unspecified atom stereocenters. The van der Waals surface area contributed by atoms with Gasteiger partial charge in [0.25, 0.3) is 0 Å². The van der Waals surface area contributed by atoms with Crippen LogP contribution in [-0.4, -0.2) is 8.42 Å². The van der Waals surface area contributed by atoms with E-state index >= 15 is 0 Å². The first-order valence-corrected chi connectivity index (χ1v) is 7.21. The molecule has 0 aliphatic rings. The van der Waals surface area contributed by atoms with Crippen molar-refractivity contribution in [2.45, 2.75) is 17.1 Å². The number of hydrogen-bond donors (Lipinski definition) is 0. The molecule has 0 heterocycles.